The van der Waals surface area contributed by atoms with Gasteiger partial charge in [-0.25, -0.2) is 4.68 Å². The Morgan fingerprint density at radius 3 is 2.61 bits per heavy atom. The molecular formula is C22H21N3O3. The van der Waals surface area contributed by atoms with Gasteiger partial charge in [-0.2, -0.15) is 5.10 Å². The first-order valence-electron chi connectivity index (χ1n) is 8.95. The molecule has 1 aromatic heterocycles. The van der Waals surface area contributed by atoms with Crippen LogP contribution in [0.5, 0.6) is 5.75 Å². The molecule has 28 heavy (non-hydrogen) atoms. The van der Waals surface area contributed by atoms with E-state index in [0.29, 0.717) is 29.4 Å². The van der Waals surface area contributed by atoms with Gasteiger partial charge in [0, 0.05) is 19.0 Å². The van der Waals surface area contributed by atoms with Crippen LogP contribution >= 0.6 is 0 Å². The molecule has 6 heteroatoms. The number of benzene rings is 2. The second-order valence-corrected chi connectivity index (χ2v) is 6.33. The number of amides is 1. The van der Waals surface area contributed by atoms with Crippen molar-refractivity contribution in [1.82, 2.24) is 15.1 Å². The molecule has 3 rings (SSSR count). The first kappa shape index (κ1) is 19.2. The maximum atomic E-state index is 12.3. The first-order chi connectivity index (χ1) is 13.6. The van der Waals surface area contributed by atoms with Gasteiger partial charge in [0.15, 0.2) is 0 Å². The van der Waals surface area contributed by atoms with Crippen molar-refractivity contribution in [1.29, 1.82) is 0 Å². The number of carbonyl (C=O) groups is 1. The number of aryl methyl sites for hydroxylation is 1. The molecule has 0 fully saturated rings. The molecule has 0 saturated carbocycles. The average molecular weight is 375 g/mol. The number of hydrogen-bond acceptors (Lipinski definition) is 4. The molecule has 0 spiro atoms. The van der Waals surface area contributed by atoms with Crippen molar-refractivity contribution in [3.05, 3.63) is 70.1 Å². The normalized spacial score (nSPS) is 10.4. The van der Waals surface area contributed by atoms with Crippen molar-refractivity contribution in [3.63, 3.8) is 0 Å². The standard InChI is InChI=1S/C22H21N3O3/c1-3-14-28-17-10-8-16(9-11-17)12-13-23-21(26)15-20-18-6-4-5-7-19(18)22(27)25(2)24-20/h1,4-11H,12-15H2,2H3,(H,23,26). The Labute approximate surface area is 163 Å². The fourth-order valence-electron chi connectivity index (χ4n) is 2.94. The molecule has 2 aromatic carbocycles. The van der Waals surface area contributed by atoms with Crippen LogP contribution in [0.4, 0.5) is 0 Å². The third-order valence-electron chi connectivity index (χ3n) is 4.34. The molecule has 142 valence electrons. The summed E-state index contributed by atoms with van der Waals surface area (Å²) >= 11 is 0. The molecule has 6 nitrogen and oxygen atoms in total. The molecule has 1 heterocycles. The fraction of sp³-hybridized carbons (Fsp3) is 0.227. The van der Waals surface area contributed by atoms with Crippen LogP contribution in [0.15, 0.2) is 53.3 Å². The molecule has 0 atom stereocenters. The van der Waals surface area contributed by atoms with Crippen LogP contribution in [0.3, 0.4) is 0 Å². The van der Waals surface area contributed by atoms with E-state index in [4.69, 9.17) is 11.2 Å². The third-order valence-corrected chi connectivity index (χ3v) is 4.34. The summed E-state index contributed by atoms with van der Waals surface area (Å²) in [7, 11) is 1.59. The van der Waals surface area contributed by atoms with Crippen LogP contribution in [-0.2, 0) is 24.7 Å². The maximum absolute atomic E-state index is 12.3. The lowest BCUT2D eigenvalue weighted by Crippen LogP contribution is -2.29. The van der Waals surface area contributed by atoms with Crippen LogP contribution < -0.4 is 15.6 Å². The second kappa shape index (κ2) is 8.87. The van der Waals surface area contributed by atoms with Gasteiger partial charge in [0.05, 0.1) is 17.5 Å². The van der Waals surface area contributed by atoms with Gasteiger partial charge in [0.2, 0.25) is 5.91 Å². The lowest BCUT2D eigenvalue weighted by molar-refractivity contribution is -0.120. The Bertz CT molecular complexity index is 1080. The Kier molecular flexibility index (Phi) is 6.07. The highest BCUT2D eigenvalue weighted by Gasteiger charge is 2.12. The topological polar surface area (TPSA) is 73.2 Å². The van der Waals surface area contributed by atoms with Gasteiger partial charge >= 0.3 is 0 Å². The van der Waals surface area contributed by atoms with Crippen LogP contribution in [0.2, 0.25) is 0 Å². The highest BCUT2D eigenvalue weighted by molar-refractivity contribution is 5.88. The third kappa shape index (κ3) is 4.57. The van der Waals surface area contributed by atoms with Crippen molar-refractivity contribution in [3.8, 4) is 18.1 Å². The van der Waals surface area contributed by atoms with Gasteiger partial charge < -0.3 is 10.1 Å². The molecular weight excluding hydrogens is 354 g/mol. The first-order valence-corrected chi connectivity index (χ1v) is 8.95. The Hall–Kier alpha value is -3.59. The SMILES string of the molecule is C#CCOc1ccc(CCNC(=O)Cc2nn(C)c(=O)c3ccccc23)cc1. The monoisotopic (exact) mass is 375 g/mol. The number of carbonyl (C=O) groups excluding carboxylic acids is 1. The van der Waals surface area contributed by atoms with Crippen molar-refractivity contribution >= 4 is 16.7 Å². The van der Waals surface area contributed by atoms with E-state index >= 15 is 0 Å². The second-order valence-electron chi connectivity index (χ2n) is 6.33. The summed E-state index contributed by atoms with van der Waals surface area (Å²) in [6, 6.07) is 14.8. The van der Waals surface area contributed by atoms with Crippen LogP contribution in [0, 0.1) is 12.3 Å². The minimum atomic E-state index is -0.172. The summed E-state index contributed by atoms with van der Waals surface area (Å²) in [5.74, 6) is 3.01. The van der Waals surface area contributed by atoms with Gasteiger partial charge in [0.1, 0.15) is 12.4 Å². The van der Waals surface area contributed by atoms with E-state index in [2.05, 4.69) is 16.3 Å². The van der Waals surface area contributed by atoms with Crippen molar-refractivity contribution < 1.29 is 9.53 Å². The summed E-state index contributed by atoms with van der Waals surface area (Å²) in [4.78, 5) is 24.5. The average Bonchev–Trinajstić information content (AvgIpc) is 2.71. The highest BCUT2D eigenvalue weighted by Crippen LogP contribution is 2.14. The maximum Gasteiger partial charge on any atom is 0.274 e. The predicted molar refractivity (Wildman–Crippen MR) is 108 cm³/mol. The molecule has 0 saturated heterocycles. The minimum absolute atomic E-state index is 0.119. The molecule has 0 aliphatic heterocycles. The summed E-state index contributed by atoms with van der Waals surface area (Å²) in [5, 5.41) is 8.44. The number of hydrogen-bond donors (Lipinski definition) is 1. The molecule has 0 bridgehead atoms. The van der Waals surface area contributed by atoms with Crippen LogP contribution in [0.1, 0.15) is 11.3 Å². The van der Waals surface area contributed by atoms with Gasteiger partial charge in [-0.1, -0.05) is 36.3 Å². The summed E-state index contributed by atoms with van der Waals surface area (Å²) in [6.45, 7) is 0.746. The lowest BCUT2D eigenvalue weighted by atomic mass is 10.1. The zero-order valence-corrected chi connectivity index (χ0v) is 15.6. The quantitative estimate of drug-likeness (QED) is 0.640. The van der Waals surface area contributed by atoms with E-state index in [1.807, 2.05) is 36.4 Å². The molecule has 1 amide bonds. The number of aromatic nitrogens is 2. The Balaban J connectivity index is 1.58. The summed E-state index contributed by atoms with van der Waals surface area (Å²) < 4.78 is 6.61. The van der Waals surface area contributed by atoms with Crippen molar-refractivity contribution in [2.45, 2.75) is 12.8 Å². The predicted octanol–water partition coefficient (Wildman–Crippen LogP) is 1.85. The number of nitrogens with one attached hydrogen (secondary N) is 1. The lowest BCUT2D eigenvalue weighted by Gasteiger charge is -2.09. The zero-order valence-electron chi connectivity index (χ0n) is 15.6. The fourth-order valence-corrected chi connectivity index (χ4v) is 2.94. The Morgan fingerprint density at radius 2 is 1.89 bits per heavy atom. The molecule has 3 aromatic rings. The number of ether oxygens (including phenoxy) is 1. The Morgan fingerprint density at radius 1 is 1.18 bits per heavy atom. The van der Waals surface area contributed by atoms with Crippen LogP contribution in [0.25, 0.3) is 10.8 Å². The van der Waals surface area contributed by atoms with Crippen LogP contribution in [-0.4, -0.2) is 28.8 Å². The summed E-state index contributed by atoms with van der Waals surface area (Å²) in [5.41, 5.74) is 1.50. The minimum Gasteiger partial charge on any atom is -0.481 e. The highest BCUT2D eigenvalue weighted by atomic mass is 16.5. The van der Waals surface area contributed by atoms with Gasteiger partial charge in [0.25, 0.3) is 5.56 Å². The summed E-state index contributed by atoms with van der Waals surface area (Å²) in [6.07, 6.45) is 5.98. The number of nitrogens with zero attached hydrogens (tertiary/aromatic N) is 2. The molecule has 0 aliphatic carbocycles. The van der Waals surface area contributed by atoms with Crippen molar-refractivity contribution in [2.75, 3.05) is 13.2 Å². The van der Waals surface area contributed by atoms with E-state index in [0.717, 1.165) is 11.3 Å². The largest absolute Gasteiger partial charge is 0.481 e. The number of terminal acetylenes is 1. The smallest absolute Gasteiger partial charge is 0.274 e. The molecule has 0 radical (unpaired) electrons. The molecule has 0 aliphatic rings. The molecule has 1 N–H and O–H groups in total. The van der Waals surface area contributed by atoms with Gasteiger partial charge in [-0.05, 0) is 30.2 Å². The van der Waals surface area contributed by atoms with E-state index in [-0.39, 0.29) is 24.5 Å². The van der Waals surface area contributed by atoms with E-state index in [1.165, 1.54) is 4.68 Å². The van der Waals surface area contributed by atoms with E-state index in [9.17, 15) is 9.59 Å². The van der Waals surface area contributed by atoms with Crippen molar-refractivity contribution in [2.24, 2.45) is 7.05 Å². The molecule has 0 unspecified atom stereocenters. The number of rotatable bonds is 7. The van der Waals surface area contributed by atoms with E-state index in [1.54, 1.807) is 19.2 Å². The van der Waals surface area contributed by atoms with Gasteiger partial charge in [-0.15, -0.1) is 6.42 Å². The number of fused-ring (bicyclic) bond motifs is 1. The van der Waals surface area contributed by atoms with E-state index < -0.39 is 0 Å². The zero-order chi connectivity index (χ0) is 19.9. The van der Waals surface area contributed by atoms with Gasteiger partial charge in [-0.3, -0.25) is 9.59 Å².